The lowest BCUT2D eigenvalue weighted by atomic mass is 9.92. The Labute approximate surface area is 317 Å². The summed E-state index contributed by atoms with van der Waals surface area (Å²) in [5.74, 6) is 1.83. The van der Waals surface area contributed by atoms with E-state index >= 15 is 0 Å². The summed E-state index contributed by atoms with van der Waals surface area (Å²) < 4.78 is 6.80. The number of fused-ring (bicyclic) bond motifs is 8. The lowest BCUT2D eigenvalue weighted by Gasteiger charge is -2.14. The van der Waals surface area contributed by atoms with Crippen LogP contribution in [0, 0.1) is 0 Å². The maximum Gasteiger partial charge on any atom is 0.164 e. The van der Waals surface area contributed by atoms with Crippen LogP contribution in [0.2, 0.25) is 0 Å². The molecule has 0 unspecified atom stereocenters. The van der Waals surface area contributed by atoms with Gasteiger partial charge in [-0.15, -0.1) is 0 Å². The summed E-state index contributed by atoms with van der Waals surface area (Å²) in [6.45, 7) is 0. The largest absolute Gasteiger partial charge is 0.455 e. The number of benzene rings is 9. The molecule has 4 nitrogen and oxygen atoms in total. The van der Waals surface area contributed by atoms with Crippen molar-refractivity contribution in [2.75, 3.05) is 0 Å². The number of rotatable bonds is 5. The van der Waals surface area contributed by atoms with Crippen LogP contribution in [0.25, 0.3) is 111 Å². The van der Waals surface area contributed by atoms with E-state index in [4.69, 9.17) is 19.4 Å². The Morgan fingerprint density at radius 1 is 0.309 bits per heavy atom. The molecule has 11 rings (SSSR count). The minimum atomic E-state index is 0.591. The first-order chi connectivity index (χ1) is 27.3. The number of para-hydroxylation sites is 1. The lowest BCUT2D eigenvalue weighted by Crippen LogP contribution is -2.01. The van der Waals surface area contributed by atoms with Crippen LogP contribution in [-0.2, 0) is 0 Å². The summed E-state index contributed by atoms with van der Waals surface area (Å²) in [6, 6.07) is 65.6. The average molecular weight is 702 g/mol. The van der Waals surface area contributed by atoms with Gasteiger partial charge in [0.25, 0.3) is 0 Å². The quantitative estimate of drug-likeness (QED) is 0.168. The highest BCUT2D eigenvalue weighted by atomic mass is 16.3. The van der Waals surface area contributed by atoms with Crippen LogP contribution in [0.1, 0.15) is 0 Å². The van der Waals surface area contributed by atoms with E-state index in [-0.39, 0.29) is 0 Å². The number of furan rings is 1. The summed E-state index contributed by atoms with van der Waals surface area (Å²) in [6.07, 6.45) is 0. The third-order valence-corrected chi connectivity index (χ3v) is 10.7. The summed E-state index contributed by atoms with van der Waals surface area (Å²) in [5.41, 5.74) is 8.86. The highest BCUT2D eigenvalue weighted by Crippen LogP contribution is 2.43. The highest BCUT2D eigenvalue weighted by molar-refractivity contribution is 6.23. The van der Waals surface area contributed by atoms with Crippen molar-refractivity contribution in [1.82, 2.24) is 15.0 Å². The molecule has 0 aliphatic heterocycles. The number of aromatic nitrogens is 3. The van der Waals surface area contributed by atoms with E-state index in [0.29, 0.717) is 17.5 Å². The number of hydrogen-bond donors (Lipinski definition) is 0. The summed E-state index contributed by atoms with van der Waals surface area (Å²) in [5, 5.41) is 8.94. The molecule has 0 aliphatic rings. The monoisotopic (exact) mass is 701 g/mol. The van der Waals surface area contributed by atoms with Crippen molar-refractivity contribution < 1.29 is 4.42 Å². The predicted octanol–water partition coefficient (Wildman–Crippen LogP) is 13.6. The minimum Gasteiger partial charge on any atom is -0.455 e. The van der Waals surface area contributed by atoms with Gasteiger partial charge >= 0.3 is 0 Å². The predicted molar refractivity (Wildman–Crippen MR) is 227 cm³/mol. The molecule has 0 bridgehead atoms. The molecule has 0 radical (unpaired) electrons. The van der Waals surface area contributed by atoms with E-state index in [2.05, 4.69) is 152 Å². The van der Waals surface area contributed by atoms with Gasteiger partial charge in [0.15, 0.2) is 17.5 Å². The van der Waals surface area contributed by atoms with Gasteiger partial charge in [0.2, 0.25) is 0 Å². The lowest BCUT2D eigenvalue weighted by molar-refractivity contribution is 0.670. The van der Waals surface area contributed by atoms with Gasteiger partial charge in [-0.3, -0.25) is 0 Å². The molecular weight excluding hydrogens is 671 g/mol. The average Bonchev–Trinajstić information content (AvgIpc) is 3.66. The molecule has 9 aromatic carbocycles. The SMILES string of the molecule is c1ccc(-c2nc(-c3cccc4oc5c(-c6ccccc6-c6ccccc6)cccc5c34)nc(-c3cc4ccccc4c4ccc5ccccc5c34)n2)cc1. The maximum atomic E-state index is 6.80. The molecule has 0 aliphatic carbocycles. The van der Waals surface area contributed by atoms with Crippen molar-refractivity contribution in [2.45, 2.75) is 0 Å². The van der Waals surface area contributed by atoms with Gasteiger partial charge in [0.05, 0.1) is 0 Å². The van der Waals surface area contributed by atoms with Gasteiger partial charge in [-0.1, -0.05) is 176 Å². The first-order valence-electron chi connectivity index (χ1n) is 18.5. The van der Waals surface area contributed by atoms with Gasteiger partial charge in [-0.25, -0.2) is 15.0 Å². The van der Waals surface area contributed by atoms with E-state index in [1.165, 1.54) is 16.2 Å². The summed E-state index contributed by atoms with van der Waals surface area (Å²) >= 11 is 0. The fourth-order valence-corrected chi connectivity index (χ4v) is 8.23. The Morgan fingerprint density at radius 2 is 0.891 bits per heavy atom. The molecule has 55 heavy (non-hydrogen) atoms. The molecule has 0 saturated heterocycles. The zero-order chi connectivity index (χ0) is 36.3. The van der Waals surface area contributed by atoms with Gasteiger partial charge in [0.1, 0.15) is 11.2 Å². The van der Waals surface area contributed by atoms with E-state index in [1.54, 1.807) is 0 Å². The molecule has 0 spiro atoms. The van der Waals surface area contributed by atoms with Crippen molar-refractivity contribution in [3.05, 3.63) is 188 Å². The van der Waals surface area contributed by atoms with Gasteiger partial charge in [-0.2, -0.15) is 0 Å². The normalized spacial score (nSPS) is 11.6. The van der Waals surface area contributed by atoms with E-state index in [9.17, 15) is 0 Å². The Bertz CT molecular complexity index is 3260. The molecule has 2 heterocycles. The van der Waals surface area contributed by atoms with E-state index in [1.807, 2.05) is 36.4 Å². The first kappa shape index (κ1) is 31.1. The molecule has 0 amide bonds. The molecule has 256 valence electrons. The highest BCUT2D eigenvalue weighted by Gasteiger charge is 2.22. The van der Waals surface area contributed by atoms with Crippen LogP contribution in [0.15, 0.2) is 192 Å². The van der Waals surface area contributed by atoms with E-state index in [0.717, 1.165) is 77.0 Å². The van der Waals surface area contributed by atoms with Crippen molar-refractivity contribution >= 4 is 54.3 Å². The molecule has 4 heteroatoms. The van der Waals surface area contributed by atoms with Crippen LogP contribution in [0.4, 0.5) is 0 Å². The van der Waals surface area contributed by atoms with Crippen molar-refractivity contribution in [3.63, 3.8) is 0 Å². The molecule has 0 atom stereocenters. The molecule has 2 aromatic heterocycles. The van der Waals surface area contributed by atoms with Crippen molar-refractivity contribution in [3.8, 4) is 56.4 Å². The maximum absolute atomic E-state index is 6.80. The van der Waals surface area contributed by atoms with Crippen molar-refractivity contribution in [2.24, 2.45) is 0 Å². The third-order valence-electron chi connectivity index (χ3n) is 10.7. The van der Waals surface area contributed by atoms with Crippen LogP contribution >= 0.6 is 0 Å². The molecular formula is C51H31N3O. The second-order valence-electron chi connectivity index (χ2n) is 13.9. The third kappa shape index (κ3) is 5.11. The standard InChI is InChI=1S/C51H31N3O/c1-3-15-32(16-4-1)36-21-11-12-24-39(36)41-25-13-26-42-47-43(27-14-28-45(47)55-48(41)42)50-52-49(34-18-5-2-6-19-34)53-51(54-50)44-31-35-20-8-9-22-37(35)40-30-29-33-17-7-10-23-38(33)46(40)44/h1-31H. The van der Waals surface area contributed by atoms with Crippen molar-refractivity contribution in [1.29, 1.82) is 0 Å². The summed E-state index contributed by atoms with van der Waals surface area (Å²) in [7, 11) is 0. The zero-order valence-electron chi connectivity index (χ0n) is 29.6. The van der Waals surface area contributed by atoms with Crippen LogP contribution in [0.3, 0.4) is 0 Å². The Balaban J connectivity index is 1.19. The second kappa shape index (κ2) is 12.6. The smallest absolute Gasteiger partial charge is 0.164 e. The molecule has 0 fully saturated rings. The number of nitrogens with zero attached hydrogens (tertiary/aromatic N) is 3. The van der Waals surface area contributed by atoms with Crippen LogP contribution in [-0.4, -0.2) is 15.0 Å². The first-order valence-corrected chi connectivity index (χ1v) is 18.5. The molecule has 0 N–H and O–H groups in total. The topological polar surface area (TPSA) is 51.8 Å². The van der Waals surface area contributed by atoms with E-state index < -0.39 is 0 Å². The number of hydrogen-bond acceptors (Lipinski definition) is 4. The van der Waals surface area contributed by atoms with Gasteiger partial charge in [0, 0.05) is 38.4 Å². The molecule has 0 saturated carbocycles. The fourth-order valence-electron chi connectivity index (χ4n) is 8.23. The fraction of sp³-hybridized carbons (Fsp3) is 0. The Hall–Kier alpha value is -7.43. The minimum absolute atomic E-state index is 0.591. The second-order valence-corrected chi connectivity index (χ2v) is 13.9. The van der Waals surface area contributed by atoms with Gasteiger partial charge in [-0.05, 0) is 55.8 Å². The van der Waals surface area contributed by atoms with Gasteiger partial charge < -0.3 is 4.42 Å². The molecule has 11 aromatic rings. The Morgan fingerprint density at radius 3 is 1.71 bits per heavy atom. The zero-order valence-corrected chi connectivity index (χ0v) is 29.6. The summed E-state index contributed by atoms with van der Waals surface area (Å²) in [4.78, 5) is 15.8. The van der Waals surface area contributed by atoms with Crippen LogP contribution in [0.5, 0.6) is 0 Å². The van der Waals surface area contributed by atoms with Crippen LogP contribution < -0.4 is 0 Å². The Kier molecular flexibility index (Phi) is 7.14.